The van der Waals surface area contributed by atoms with E-state index in [9.17, 15) is 9.59 Å². The second-order valence-electron chi connectivity index (χ2n) is 14.1. The summed E-state index contributed by atoms with van der Waals surface area (Å²) in [7, 11) is 0. The number of benzene rings is 2. The number of nitrogens with one attached hydrogen (secondary N) is 4. The van der Waals surface area contributed by atoms with Gasteiger partial charge < -0.3 is 42.9 Å². The largest absolute Gasteiger partial charge is 0.491 e. The fourth-order valence-corrected chi connectivity index (χ4v) is 4.63. The molecule has 1 heterocycles. The van der Waals surface area contributed by atoms with Crippen LogP contribution in [0.1, 0.15) is 90.1 Å². The first-order valence-electron chi connectivity index (χ1n) is 16.7. The van der Waals surface area contributed by atoms with Gasteiger partial charge in [-0.2, -0.15) is 0 Å². The van der Waals surface area contributed by atoms with E-state index in [0.717, 1.165) is 42.7 Å². The van der Waals surface area contributed by atoms with Gasteiger partial charge in [-0.1, -0.05) is 51.1 Å². The third-order valence-electron chi connectivity index (χ3n) is 7.30. The van der Waals surface area contributed by atoms with Gasteiger partial charge in [-0.25, -0.2) is 9.78 Å². The van der Waals surface area contributed by atoms with E-state index in [1.165, 1.54) is 18.4 Å². The van der Waals surface area contributed by atoms with Gasteiger partial charge in [0.15, 0.2) is 5.96 Å². The van der Waals surface area contributed by atoms with Crippen molar-refractivity contribution in [3.8, 4) is 16.9 Å². The van der Waals surface area contributed by atoms with Gasteiger partial charge in [0, 0.05) is 30.2 Å². The minimum absolute atomic E-state index is 0.115. The molecule has 2 amide bonds. The Morgan fingerprint density at radius 3 is 2.33 bits per heavy atom. The Bertz CT molecular complexity index is 1550. The minimum Gasteiger partial charge on any atom is -0.491 e. The molecular formula is C36H55N9O3. The van der Waals surface area contributed by atoms with Gasteiger partial charge in [0.1, 0.15) is 11.6 Å². The van der Waals surface area contributed by atoms with Gasteiger partial charge in [0.05, 0.1) is 17.9 Å². The molecule has 0 unspecified atom stereocenters. The highest BCUT2D eigenvalue weighted by atomic mass is 16.5. The van der Waals surface area contributed by atoms with Crippen LogP contribution in [-0.4, -0.2) is 53.7 Å². The Hall–Kier alpha value is -4.42. The molecule has 0 radical (unpaired) electrons. The van der Waals surface area contributed by atoms with E-state index in [2.05, 4.69) is 37.0 Å². The number of carbonyl (C=O) groups is 1. The molecule has 1 saturated carbocycles. The lowest BCUT2D eigenvalue weighted by atomic mass is 9.95. The summed E-state index contributed by atoms with van der Waals surface area (Å²) in [5.74, 6) is 2.14. The maximum atomic E-state index is 12.4. The number of hydrogen-bond acceptors (Lipinski definition) is 7. The van der Waals surface area contributed by atoms with Crippen LogP contribution in [0.15, 0.2) is 58.4 Å². The first-order valence-corrected chi connectivity index (χ1v) is 16.7. The average Bonchev–Trinajstić information content (AvgIpc) is 3.85. The smallest absolute Gasteiger partial charge is 0.319 e. The number of aromatic amines is 1. The van der Waals surface area contributed by atoms with Crippen LogP contribution in [0.3, 0.4) is 0 Å². The van der Waals surface area contributed by atoms with Crippen molar-refractivity contribution in [2.45, 2.75) is 90.6 Å². The van der Waals surface area contributed by atoms with Crippen molar-refractivity contribution in [1.82, 2.24) is 20.6 Å². The van der Waals surface area contributed by atoms with Crippen LogP contribution in [0.4, 0.5) is 10.5 Å². The van der Waals surface area contributed by atoms with E-state index in [-0.39, 0.29) is 28.5 Å². The number of aliphatic imine (C=N–C) groups is 1. The SMILES string of the molecule is CC(C)(C)NC(=O)Nc1cc(C2CC2)ccc1OCCCN.CC(C)(C)c1ncc(-c2ccc(CNCCCN=C(N)N)cc2)c(=O)[nH]1. The minimum atomic E-state index is -0.279. The normalized spacial score (nSPS) is 12.8. The molecule has 12 nitrogen and oxygen atoms in total. The number of ether oxygens (including phenoxy) is 1. The molecule has 0 bridgehead atoms. The molecule has 0 aliphatic heterocycles. The number of nitrogens with zero attached hydrogens (tertiary/aromatic N) is 2. The topological polar surface area (TPSA) is 199 Å². The van der Waals surface area contributed by atoms with Crippen LogP contribution in [-0.2, 0) is 12.0 Å². The predicted octanol–water partition coefficient (Wildman–Crippen LogP) is 4.70. The summed E-state index contributed by atoms with van der Waals surface area (Å²) in [5, 5.41) is 9.15. The van der Waals surface area contributed by atoms with Crippen LogP contribution < -0.4 is 43.4 Å². The van der Waals surface area contributed by atoms with Crippen molar-refractivity contribution in [2.24, 2.45) is 22.2 Å². The molecule has 0 spiro atoms. The number of nitrogens with two attached hydrogens (primary N) is 3. The summed E-state index contributed by atoms with van der Waals surface area (Å²) >= 11 is 0. The van der Waals surface area contributed by atoms with Crippen LogP contribution in [0, 0.1) is 0 Å². The van der Waals surface area contributed by atoms with E-state index in [1.807, 2.05) is 77.9 Å². The summed E-state index contributed by atoms with van der Waals surface area (Å²) < 4.78 is 5.74. The fourth-order valence-electron chi connectivity index (χ4n) is 4.63. The van der Waals surface area contributed by atoms with E-state index < -0.39 is 0 Å². The summed E-state index contributed by atoms with van der Waals surface area (Å²) in [6.07, 6.45) is 5.76. The molecule has 1 fully saturated rings. The van der Waals surface area contributed by atoms with E-state index in [1.54, 1.807) is 6.20 Å². The summed E-state index contributed by atoms with van der Waals surface area (Å²) in [6.45, 7) is 15.2. The first kappa shape index (κ1) is 38.0. The Balaban J connectivity index is 0.000000264. The number of urea groups is 1. The molecular weight excluding hydrogens is 606 g/mol. The highest BCUT2D eigenvalue weighted by molar-refractivity contribution is 5.91. The maximum absolute atomic E-state index is 12.4. The van der Waals surface area contributed by atoms with Crippen molar-refractivity contribution < 1.29 is 9.53 Å². The second-order valence-corrected chi connectivity index (χ2v) is 14.1. The summed E-state index contributed by atoms with van der Waals surface area (Å²) in [5.41, 5.74) is 20.0. The molecule has 1 aliphatic rings. The third kappa shape index (κ3) is 13.4. The monoisotopic (exact) mass is 661 g/mol. The zero-order chi connectivity index (χ0) is 35.3. The third-order valence-corrected chi connectivity index (χ3v) is 7.30. The van der Waals surface area contributed by atoms with Crippen LogP contribution >= 0.6 is 0 Å². The Labute approximate surface area is 284 Å². The van der Waals surface area contributed by atoms with Crippen molar-refractivity contribution >= 4 is 17.7 Å². The highest BCUT2D eigenvalue weighted by Crippen LogP contribution is 2.42. The standard InChI is InChI=1S/C19H28N6O.C17H27N3O2/c1-19(2,3)17-24-12-15(16(26)25-17)14-7-5-13(6-8-14)11-22-9-4-10-23-18(20)21;1-17(2,3)20-16(21)19-14-11-13(12-5-6-12)7-8-15(14)22-10-4-9-18/h5-8,12,22H,4,9-11H2,1-3H3,(H4,20,21,23)(H,24,25,26);7-8,11-12H,4-6,9-10,18H2,1-3H3,(H2,19,20,21). The molecule has 10 N–H and O–H groups in total. The van der Waals surface area contributed by atoms with Gasteiger partial charge in [0.2, 0.25) is 0 Å². The first-order chi connectivity index (χ1) is 22.7. The number of amides is 2. The summed E-state index contributed by atoms with van der Waals surface area (Å²) in [6, 6.07) is 13.7. The van der Waals surface area contributed by atoms with E-state index >= 15 is 0 Å². The van der Waals surface area contributed by atoms with Crippen molar-refractivity contribution in [2.75, 3.05) is 31.6 Å². The number of H-pyrrole nitrogens is 1. The second kappa shape index (κ2) is 17.7. The molecule has 3 aromatic rings. The van der Waals surface area contributed by atoms with Crippen molar-refractivity contribution in [3.05, 3.63) is 76.0 Å². The predicted molar refractivity (Wildman–Crippen MR) is 195 cm³/mol. The van der Waals surface area contributed by atoms with Crippen LogP contribution in [0.5, 0.6) is 5.75 Å². The zero-order valence-corrected chi connectivity index (χ0v) is 29.4. The van der Waals surface area contributed by atoms with Gasteiger partial charge in [-0.15, -0.1) is 0 Å². The molecule has 0 saturated heterocycles. The van der Waals surface area contributed by atoms with Gasteiger partial charge >= 0.3 is 6.03 Å². The quantitative estimate of drug-likeness (QED) is 0.0777. The van der Waals surface area contributed by atoms with Crippen LogP contribution in [0.25, 0.3) is 11.1 Å². The zero-order valence-electron chi connectivity index (χ0n) is 29.4. The molecule has 48 heavy (non-hydrogen) atoms. The molecule has 12 heteroatoms. The lowest BCUT2D eigenvalue weighted by Gasteiger charge is -2.21. The lowest BCUT2D eigenvalue weighted by molar-refractivity contribution is 0.243. The molecule has 1 aromatic heterocycles. The van der Waals surface area contributed by atoms with E-state index in [4.69, 9.17) is 21.9 Å². The maximum Gasteiger partial charge on any atom is 0.319 e. The molecule has 262 valence electrons. The average molecular weight is 662 g/mol. The fraction of sp³-hybridized carbons (Fsp3) is 0.500. The van der Waals surface area contributed by atoms with Gasteiger partial charge in [0.25, 0.3) is 5.56 Å². The molecule has 0 atom stereocenters. The lowest BCUT2D eigenvalue weighted by Crippen LogP contribution is -2.43. The number of anilines is 1. The number of guanidine groups is 1. The van der Waals surface area contributed by atoms with Crippen LogP contribution in [0.2, 0.25) is 0 Å². The van der Waals surface area contributed by atoms with Crippen molar-refractivity contribution in [1.29, 1.82) is 0 Å². The van der Waals surface area contributed by atoms with Crippen molar-refractivity contribution in [3.63, 3.8) is 0 Å². The summed E-state index contributed by atoms with van der Waals surface area (Å²) in [4.78, 5) is 35.7. The highest BCUT2D eigenvalue weighted by Gasteiger charge is 2.25. The molecule has 4 rings (SSSR count). The van der Waals surface area contributed by atoms with Gasteiger partial charge in [-0.05, 0) is 94.3 Å². The molecule has 1 aliphatic carbocycles. The Morgan fingerprint density at radius 2 is 1.75 bits per heavy atom. The van der Waals surface area contributed by atoms with Gasteiger partial charge in [-0.3, -0.25) is 9.79 Å². The number of aromatic nitrogens is 2. The van der Waals surface area contributed by atoms with E-state index in [0.29, 0.717) is 42.8 Å². The molecule has 2 aromatic carbocycles. The Morgan fingerprint density at radius 1 is 1.04 bits per heavy atom. The number of carbonyl (C=O) groups excluding carboxylic acids is 1. The number of hydrogen-bond donors (Lipinski definition) is 7. The Kier molecular flexibility index (Phi) is 14.0. The number of rotatable bonds is 13.